The van der Waals surface area contributed by atoms with Gasteiger partial charge < -0.3 is 16.2 Å². The van der Waals surface area contributed by atoms with Gasteiger partial charge in [0, 0.05) is 6.07 Å². The third kappa shape index (κ3) is 2.15. The van der Waals surface area contributed by atoms with Crippen LogP contribution in [-0.4, -0.2) is 43.2 Å². The molecule has 9 heteroatoms. The zero-order chi connectivity index (χ0) is 13.3. The number of aliphatic hydroxyl groups is 1. The lowest BCUT2D eigenvalue weighted by Crippen LogP contribution is -2.34. The Balaban J connectivity index is 2.25. The predicted octanol–water partition coefficient (Wildman–Crippen LogP) is -2.02. The molecule has 0 saturated carbocycles. The van der Waals surface area contributed by atoms with Crippen LogP contribution in [0.4, 0.5) is 5.82 Å². The van der Waals surface area contributed by atoms with Crippen LogP contribution in [0.15, 0.2) is 10.9 Å². The average Bonchev–Trinajstić information content (AvgIpc) is 2.68. The third-order valence-electron chi connectivity index (χ3n) is 2.37. The van der Waals surface area contributed by atoms with Gasteiger partial charge in [-0.2, -0.15) is 5.10 Å². The van der Waals surface area contributed by atoms with E-state index in [1.54, 1.807) is 6.92 Å². The first-order valence-electron chi connectivity index (χ1n) is 5.15. The minimum atomic E-state index is -1.30. The molecule has 0 aliphatic rings. The highest BCUT2D eigenvalue weighted by atomic mass is 16.3. The summed E-state index contributed by atoms with van der Waals surface area (Å²) < 4.78 is 1.30. The molecule has 1 amide bonds. The molecule has 5 N–H and O–H groups in total. The van der Waals surface area contributed by atoms with Crippen molar-refractivity contribution in [2.24, 2.45) is 5.73 Å². The number of nitrogens with zero attached hydrogens (tertiary/aromatic N) is 3. The number of primary amides is 1. The largest absolute Gasteiger partial charge is 0.381 e. The van der Waals surface area contributed by atoms with Gasteiger partial charge in [0.25, 0.3) is 0 Å². The summed E-state index contributed by atoms with van der Waals surface area (Å²) in [4.78, 5) is 26.1. The van der Waals surface area contributed by atoms with Crippen molar-refractivity contribution in [3.63, 3.8) is 0 Å². The number of hydrogen-bond donors (Lipinski definition) is 4. The first-order chi connectivity index (χ1) is 8.49. The highest BCUT2D eigenvalue weighted by Gasteiger charge is 2.12. The van der Waals surface area contributed by atoms with Gasteiger partial charge in [-0.05, 0) is 6.92 Å². The van der Waals surface area contributed by atoms with Crippen molar-refractivity contribution in [3.8, 4) is 0 Å². The maximum absolute atomic E-state index is 11.3. The molecule has 0 radical (unpaired) electrons. The van der Waals surface area contributed by atoms with Crippen LogP contribution in [0.1, 0.15) is 5.82 Å². The summed E-state index contributed by atoms with van der Waals surface area (Å²) in [6.07, 6.45) is -1.30. The fourth-order valence-corrected chi connectivity index (χ4v) is 1.49. The molecule has 2 aromatic rings. The number of carbonyl (C=O) groups excluding carboxylic acids is 1. The Bertz CT molecular complexity index is 645. The van der Waals surface area contributed by atoms with Crippen LogP contribution < -0.4 is 16.7 Å². The second-order valence-corrected chi connectivity index (χ2v) is 3.71. The third-order valence-corrected chi connectivity index (χ3v) is 2.37. The van der Waals surface area contributed by atoms with Gasteiger partial charge >= 0.3 is 5.69 Å². The van der Waals surface area contributed by atoms with E-state index in [0.717, 1.165) is 0 Å². The molecule has 0 spiro atoms. The Hall–Kier alpha value is -2.42. The standard InChI is InChI=1S/C9H12N6O3/c1-4-12-6(11-3-5(16)8(10)17)2-7-13-14-9(18)15(4)7/h2,5,11,16H,3H2,1H3,(H2,10,17)(H,14,18). The molecule has 0 fully saturated rings. The number of H-pyrrole nitrogens is 1. The summed E-state index contributed by atoms with van der Waals surface area (Å²) in [5, 5.41) is 18.1. The molecule has 0 aliphatic heterocycles. The second-order valence-electron chi connectivity index (χ2n) is 3.71. The van der Waals surface area contributed by atoms with Gasteiger partial charge in [-0.25, -0.2) is 19.3 Å². The normalized spacial score (nSPS) is 12.6. The Kier molecular flexibility index (Phi) is 2.98. The molecule has 0 aliphatic carbocycles. The Morgan fingerprint density at radius 2 is 2.44 bits per heavy atom. The number of hydrogen-bond acceptors (Lipinski definition) is 6. The van der Waals surface area contributed by atoms with E-state index < -0.39 is 12.0 Å². The lowest BCUT2D eigenvalue weighted by molar-refractivity contribution is -0.125. The van der Waals surface area contributed by atoms with Crippen molar-refractivity contribution in [2.75, 3.05) is 11.9 Å². The minimum Gasteiger partial charge on any atom is -0.381 e. The zero-order valence-electron chi connectivity index (χ0n) is 9.54. The van der Waals surface area contributed by atoms with Crippen molar-refractivity contribution in [2.45, 2.75) is 13.0 Å². The van der Waals surface area contributed by atoms with E-state index in [4.69, 9.17) is 5.73 Å². The van der Waals surface area contributed by atoms with Gasteiger partial charge in [0.05, 0.1) is 6.54 Å². The second kappa shape index (κ2) is 4.45. The summed E-state index contributed by atoms with van der Waals surface area (Å²) in [6.45, 7) is 1.58. The predicted molar refractivity (Wildman–Crippen MR) is 62.0 cm³/mol. The summed E-state index contributed by atoms with van der Waals surface area (Å²) in [6, 6.07) is 1.51. The van der Waals surface area contributed by atoms with E-state index in [0.29, 0.717) is 17.3 Å². The molecule has 2 rings (SSSR count). The summed E-state index contributed by atoms with van der Waals surface area (Å²) in [5.41, 5.74) is 4.93. The number of fused-ring (bicyclic) bond motifs is 1. The Labute approximate surface area is 101 Å². The Morgan fingerprint density at radius 3 is 3.11 bits per heavy atom. The van der Waals surface area contributed by atoms with Gasteiger partial charge in [-0.15, -0.1) is 0 Å². The van der Waals surface area contributed by atoms with Crippen LogP contribution in [0.2, 0.25) is 0 Å². The highest BCUT2D eigenvalue weighted by Crippen LogP contribution is 2.07. The van der Waals surface area contributed by atoms with Crippen molar-refractivity contribution < 1.29 is 9.90 Å². The number of aliphatic hydroxyl groups excluding tert-OH is 1. The number of aromatic amines is 1. The number of amides is 1. The van der Waals surface area contributed by atoms with Gasteiger partial charge in [0.1, 0.15) is 17.7 Å². The van der Waals surface area contributed by atoms with Crippen LogP contribution in [0.3, 0.4) is 0 Å². The maximum atomic E-state index is 11.3. The summed E-state index contributed by atoms with van der Waals surface area (Å²) in [5.74, 6) is -0.00194. The topological polar surface area (TPSA) is 138 Å². The maximum Gasteiger partial charge on any atom is 0.349 e. The number of rotatable bonds is 4. The Morgan fingerprint density at radius 1 is 1.72 bits per heavy atom. The number of carbonyl (C=O) groups is 1. The fourth-order valence-electron chi connectivity index (χ4n) is 1.49. The monoisotopic (exact) mass is 252 g/mol. The van der Waals surface area contributed by atoms with E-state index >= 15 is 0 Å². The fraction of sp³-hybridized carbons (Fsp3) is 0.333. The van der Waals surface area contributed by atoms with Crippen LogP contribution in [0, 0.1) is 6.92 Å². The van der Waals surface area contributed by atoms with E-state index in [-0.39, 0.29) is 12.2 Å². The van der Waals surface area contributed by atoms with Gasteiger partial charge in [-0.3, -0.25) is 4.79 Å². The minimum absolute atomic E-state index is 0.0629. The number of aryl methyl sites for hydroxylation is 1. The number of nitrogens with one attached hydrogen (secondary N) is 2. The van der Waals surface area contributed by atoms with Crippen LogP contribution >= 0.6 is 0 Å². The molecule has 0 aromatic carbocycles. The molecule has 0 bridgehead atoms. The van der Waals surface area contributed by atoms with Crippen LogP contribution in [-0.2, 0) is 4.79 Å². The van der Waals surface area contributed by atoms with Crippen LogP contribution in [0.5, 0.6) is 0 Å². The van der Waals surface area contributed by atoms with E-state index in [1.807, 2.05) is 0 Å². The highest BCUT2D eigenvalue weighted by molar-refractivity contribution is 5.79. The average molecular weight is 252 g/mol. The molecule has 9 nitrogen and oxygen atoms in total. The molecule has 2 heterocycles. The molecule has 0 saturated heterocycles. The number of aromatic nitrogens is 4. The molecular formula is C9H12N6O3. The smallest absolute Gasteiger partial charge is 0.349 e. The molecule has 1 unspecified atom stereocenters. The van der Waals surface area contributed by atoms with Crippen LogP contribution in [0.25, 0.3) is 5.65 Å². The molecule has 18 heavy (non-hydrogen) atoms. The molecule has 96 valence electrons. The number of anilines is 1. The van der Waals surface area contributed by atoms with E-state index in [1.165, 1.54) is 10.5 Å². The van der Waals surface area contributed by atoms with Crippen molar-refractivity contribution in [1.29, 1.82) is 0 Å². The van der Waals surface area contributed by atoms with Gasteiger partial charge in [-0.1, -0.05) is 0 Å². The van der Waals surface area contributed by atoms with Gasteiger partial charge in [0.2, 0.25) is 5.91 Å². The quantitative estimate of drug-likeness (QED) is 0.495. The van der Waals surface area contributed by atoms with E-state index in [2.05, 4.69) is 20.5 Å². The SMILES string of the molecule is Cc1nc(NCC(O)C(N)=O)cc2n[nH]c(=O)n12. The van der Waals surface area contributed by atoms with Crippen molar-refractivity contribution in [3.05, 3.63) is 22.4 Å². The molecular weight excluding hydrogens is 240 g/mol. The lowest BCUT2D eigenvalue weighted by Gasteiger charge is -2.09. The van der Waals surface area contributed by atoms with Gasteiger partial charge in [0.15, 0.2) is 5.65 Å². The molecule has 1 atom stereocenters. The zero-order valence-corrected chi connectivity index (χ0v) is 9.54. The lowest BCUT2D eigenvalue weighted by atomic mass is 10.3. The summed E-state index contributed by atoms with van der Waals surface area (Å²) >= 11 is 0. The van der Waals surface area contributed by atoms with Crippen molar-refractivity contribution in [1.82, 2.24) is 19.6 Å². The first-order valence-corrected chi connectivity index (χ1v) is 5.15. The first kappa shape index (κ1) is 12.0. The van der Waals surface area contributed by atoms with E-state index in [9.17, 15) is 14.7 Å². The molecule has 2 aromatic heterocycles. The summed E-state index contributed by atoms with van der Waals surface area (Å²) in [7, 11) is 0. The van der Waals surface area contributed by atoms with Crippen molar-refractivity contribution >= 4 is 17.4 Å². The number of nitrogens with two attached hydrogens (primary N) is 1.